The summed E-state index contributed by atoms with van der Waals surface area (Å²) in [5.41, 5.74) is 2.33. The van der Waals surface area contributed by atoms with E-state index in [1.165, 1.54) is 0 Å². The smallest absolute Gasteiger partial charge is 0.254 e. The number of anilines is 2. The molecule has 0 radical (unpaired) electrons. The number of benzene rings is 3. The van der Waals surface area contributed by atoms with E-state index in [9.17, 15) is 9.59 Å². The van der Waals surface area contributed by atoms with Gasteiger partial charge in [0, 0.05) is 43.7 Å². The van der Waals surface area contributed by atoms with Crippen molar-refractivity contribution in [3.8, 4) is 0 Å². The van der Waals surface area contributed by atoms with Gasteiger partial charge in [-0.1, -0.05) is 48.0 Å². The highest BCUT2D eigenvalue weighted by Crippen LogP contribution is 2.30. The fraction of sp³-hybridized carbons (Fsp3) is 0.280. The molecular formula is C25H26ClN3O2. The number of likely N-dealkylation sites (tertiary alicyclic amines) is 1. The van der Waals surface area contributed by atoms with Crippen LogP contribution in [-0.4, -0.2) is 43.9 Å². The second-order valence-electron chi connectivity index (χ2n) is 8.14. The summed E-state index contributed by atoms with van der Waals surface area (Å²) in [5, 5.41) is 5.64. The molecule has 3 aromatic carbocycles. The van der Waals surface area contributed by atoms with Gasteiger partial charge in [-0.3, -0.25) is 9.59 Å². The first-order valence-electron chi connectivity index (χ1n) is 10.5. The summed E-state index contributed by atoms with van der Waals surface area (Å²) >= 11 is 6.13. The molecule has 0 saturated carbocycles. The summed E-state index contributed by atoms with van der Waals surface area (Å²) in [6.07, 6.45) is 1.28. The first-order chi connectivity index (χ1) is 14.9. The number of carbonyl (C=O) groups is 2. The third-order valence-corrected chi connectivity index (χ3v) is 6.11. The number of amides is 2. The zero-order valence-electron chi connectivity index (χ0n) is 17.8. The fourth-order valence-corrected chi connectivity index (χ4v) is 4.33. The molecule has 0 aromatic heterocycles. The molecule has 0 spiro atoms. The molecule has 0 atom stereocenters. The molecular weight excluding hydrogens is 410 g/mol. The molecule has 6 heteroatoms. The van der Waals surface area contributed by atoms with Crippen molar-refractivity contribution in [1.29, 1.82) is 0 Å². The van der Waals surface area contributed by atoms with Crippen LogP contribution in [0.4, 0.5) is 11.4 Å². The van der Waals surface area contributed by atoms with Gasteiger partial charge >= 0.3 is 0 Å². The Labute approximate surface area is 187 Å². The van der Waals surface area contributed by atoms with Gasteiger partial charge in [-0.25, -0.2) is 0 Å². The largest absolute Gasteiger partial charge is 0.376 e. The van der Waals surface area contributed by atoms with Gasteiger partial charge < -0.3 is 15.1 Å². The van der Waals surface area contributed by atoms with Crippen molar-refractivity contribution in [2.45, 2.75) is 12.8 Å². The molecule has 0 aliphatic carbocycles. The number of carbonyl (C=O) groups excluding carboxylic acids is 2. The minimum absolute atomic E-state index is 0.0253. The van der Waals surface area contributed by atoms with Crippen LogP contribution in [0.25, 0.3) is 10.8 Å². The van der Waals surface area contributed by atoms with Crippen LogP contribution in [0.2, 0.25) is 5.02 Å². The van der Waals surface area contributed by atoms with Crippen molar-refractivity contribution >= 4 is 45.6 Å². The predicted octanol–water partition coefficient (Wildman–Crippen LogP) is 5.05. The molecule has 1 aliphatic rings. The van der Waals surface area contributed by atoms with Crippen LogP contribution in [-0.2, 0) is 4.79 Å². The highest BCUT2D eigenvalue weighted by atomic mass is 35.5. The molecule has 1 aliphatic heterocycles. The summed E-state index contributed by atoms with van der Waals surface area (Å²) in [6, 6.07) is 19.2. The molecule has 1 heterocycles. The monoisotopic (exact) mass is 435 g/mol. The van der Waals surface area contributed by atoms with E-state index in [0.717, 1.165) is 22.0 Å². The van der Waals surface area contributed by atoms with E-state index in [-0.39, 0.29) is 17.7 Å². The van der Waals surface area contributed by atoms with Crippen LogP contribution in [0.3, 0.4) is 0 Å². The Hall–Kier alpha value is -3.05. The summed E-state index contributed by atoms with van der Waals surface area (Å²) < 4.78 is 0. The van der Waals surface area contributed by atoms with Crippen LogP contribution >= 0.6 is 11.6 Å². The molecule has 31 heavy (non-hydrogen) atoms. The molecule has 4 rings (SSSR count). The average Bonchev–Trinajstić information content (AvgIpc) is 2.78. The van der Waals surface area contributed by atoms with Crippen molar-refractivity contribution in [2.75, 3.05) is 37.4 Å². The maximum Gasteiger partial charge on any atom is 0.254 e. The second-order valence-corrected chi connectivity index (χ2v) is 8.57. The van der Waals surface area contributed by atoms with E-state index in [1.54, 1.807) is 6.07 Å². The van der Waals surface area contributed by atoms with Crippen molar-refractivity contribution < 1.29 is 9.59 Å². The lowest BCUT2D eigenvalue weighted by molar-refractivity contribution is -0.121. The number of fused-ring (bicyclic) bond motifs is 1. The molecule has 5 nitrogen and oxygen atoms in total. The van der Waals surface area contributed by atoms with Crippen molar-refractivity contribution in [3.63, 3.8) is 0 Å². The van der Waals surface area contributed by atoms with E-state index >= 15 is 0 Å². The molecule has 0 unspecified atom stereocenters. The maximum absolute atomic E-state index is 13.1. The fourth-order valence-electron chi connectivity index (χ4n) is 4.16. The zero-order valence-corrected chi connectivity index (χ0v) is 18.5. The summed E-state index contributed by atoms with van der Waals surface area (Å²) in [4.78, 5) is 29.8. The third-order valence-electron chi connectivity index (χ3n) is 5.87. The minimum Gasteiger partial charge on any atom is -0.376 e. The molecule has 160 valence electrons. The van der Waals surface area contributed by atoms with Gasteiger partial charge in [0.1, 0.15) is 0 Å². The highest BCUT2D eigenvalue weighted by Gasteiger charge is 2.29. The van der Waals surface area contributed by atoms with E-state index in [4.69, 9.17) is 11.6 Å². The second kappa shape index (κ2) is 8.98. The molecule has 3 aromatic rings. The third kappa shape index (κ3) is 4.52. The zero-order chi connectivity index (χ0) is 22.0. The molecule has 2 amide bonds. The Balaban J connectivity index is 1.42. The lowest BCUT2D eigenvalue weighted by atomic mass is 9.94. The van der Waals surface area contributed by atoms with Gasteiger partial charge in [-0.15, -0.1) is 0 Å². The van der Waals surface area contributed by atoms with Gasteiger partial charge in [0.2, 0.25) is 5.91 Å². The average molecular weight is 436 g/mol. The van der Waals surface area contributed by atoms with Crippen LogP contribution in [0.15, 0.2) is 60.7 Å². The highest BCUT2D eigenvalue weighted by molar-refractivity contribution is 6.31. The van der Waals surface area contributed by atoms with Gasteiger partial charge in [-0.05, 0) is 47.9 Å². The van der Waals surface area contributed by atoms with Gasteiger partial charge in [0.05, 0.1) is 11.4 Å². The SMILES string of the molecule is CN(C)c1ccc(Cl)cc1NC(=O)C1CCN(C(=O)c2cccc3ccccc23)CC1. The lowest BCUT2D eigenvalue weighted by Gasteiger charge is -2.32. The van der Waals surface area contributed by atoms with Crippen LogP contribution < -0.4 is 10.2 Å². The minimum atomic E-state index is -0.134. The van der Waals surface area contributed by atoms with Gasteiger partial charge in [-0.2, -0.15) is 0 Å². The molecule has 0 bridgehead atoms. The Morgan fingerprint density at radius 1 is 1.00 bits per heavy atom. The van der Waals surface area contributed by atoms with E-state index in [2.05, 4.69) is 5.32 Å². The number of nitrogens with zero attached hydrogens (tertiary/aromatic N) is 2. The van der Waals surface area contributed by atoms with Crippen LogP contribution in [0.1, 0.15) is 23.2 Å². The van der Waals surface area contributed by atoms with Gasteiger partial charge in [0.15, 0.2) is 0 Å². The van der Waals surface area contributed by atoms with Crippen molar-refractivity contribution in [3.05, 3.63) is 71.2 Å². The van der Waals surface area contributed by atoms with Crippen molar-refractivity contribution in [1.82, 2.24) is 4.90 Å². The maximum atomic E-state index is 13.1. The topological polar surface area (TPSA) is 52.7 Å². The summed E-state index contributed by atoms with van der Waals surface area (Å²) in [7, 11) is 3.85. The Morgan fingerprint density at radius 2 is 1.71 bits per heavy atom. The number of halogens is 1. The molecule has 1 fully saturated rings. The normalized spacial score (nSPS) is 14.5. The van der Waals surface area contributed by atoms with E-state index in [0.29, 0.717) is 36.6 Å². The van der Waals surface area contributed by atoms with Crippen LogP contribution in [0, 0.1) is 5.92 Å². The number of hydrogen-bond donors (Lipinski definition) is 1. The van der Waals surface area contributed by atoms with Crippen LogP contribution in [0.5, 0.6) is 0 Å². The predicted molar refractivity (Wildman–Crippen MR) is 127 cm³/mol. The van der Waals surface area contributed by atoms with Crippen molar-refractivity contribution in [2.24, 2.45) is 5.92 Å². The quantitative estimate of drug-likeness (QED) is 0.623. The van der Waals surface area contributed by atoms with E-state index < -0.39 is 0 Å². The molecule has 1 N–H and O–H groups in total. The summed E-state index contributed by atoms with van der Waals surface area (Å²) in [5.74, 6) is -0.131. The lowest BCUT2D eigenvalue weighted by Crippen LogP contribution is -2.41. The molecule has 1 saturated heterocycles. The Bertz CT molecular complexity index is 1120. The standard InChI is InChI=1S/C25H26ClN3O2/c1-28(2)23-11-10-19(26)16-22(23)27-24(30)18-12-14-29(15-13-18)25(31)21-9-5-7-17-6-3-4-8-20(17)21/h3-11,16,18H,12-15H2,1-2H3,(H,27,30). The number of hydrogen-bond acceptors (Lipinski definition) is 3. The number of nitrogens with one attached hydrogen (secondary N) is 1. The Morgan fingerprint density at radius 3 is 2.45 bits per heavy atom. The number of piperidine rings is 1. The van der Waals surface area contributed by atoms with Gasteiger partial charge in [0.25, 0.3) is 5.91 Å². The summed E-state index contributed by atoms with van der Waals surface area (Å²) in [6.45, 7) is 1.13. The first kappa shape index (κ1) is 21.2. The van der Waals surface area contributed by atoms with E-state index in [1.807, 2.05) is 78.5 Å². The number of rotatable bonds is 4. The first-order valence-corrected chi connectivity index (χ1v) is 10.9. The Kier molecular flexibility index (Phi) is 6.14.